The zero-order valence-electron chi connectivity index (χ0n) is 10.4. The molecule has 0 spiro atoms. The van der Waals surface area contributed by atoms with Crippen molar-refractivity contribution in [3.63, 3.8) is 0 Å². The molecule has 3 aromatic heterocycles. The Labute approximate surface area is 113 Å². The van der Waals surface area contributed by atoms with E-state index in [0.717, 1.165) is 11.3 Å². The molecule has 0 saturated carbocycles. The van der Waals surface area contributed by atoms with E-state index in [1.165, 1.54) is 11.5 Å². The van der Waals surface area contributed by atoms with Gasteiger partial charge in [0.1, 0.15) is 10.7 Å². The lowest BCUT2D eigenvalue weighted by Gasteiger charge is -1.96. The van der Waals surface area contributed by atoms with E-state index in [-0.39, 0.29) is 0 Å². The lowest BCUT2D eigenvalue weighted by atomic mass is 10.2. The highest BCUT2D eigenvalue weighted by Gasteiger charge is 2.19. The number of nitrogens with zero attached hydrogens (tertiary/aromatic N) is 4. The quantitative estimate of drug-likeness (QED) is 0.771. The highest BCUT2D eigenvalue weighted by Crippen LogP contribution is 2.32. The first-order chi connectivity index (χ1) is 9.16. The first-order valence-corrected chi connectivity index (χ1v) is 6.42. The molecule has 0 saturated heterocycles. The van der Waals surface area contributed by atoms with Crippen molar-refractivity contribution in [2.75, 3.05) is 5.73 Å². The Morgan fingerprint density at radius 3 is 2.84 bits per heavy atom. The molecule has 7 heteroatoms. The minimum atomic E-state index is 0.379. The summed E-state index contributed by atoms with van der Waals surface area (Å²) >= 11 is 1.22. The first kappa shape index (κ1) is 11.8. The minimum Gasteiger partial charge on any atom is -0.389 e. The number of hydrogen-bond donors (Lipinski definition) is 1. The Morgan fingerprint density at radius 1 is 1.32 bits per heavy atom. The first-order valence-electron chi connectivity index (χ1n) is 5.64. The molecule has 96 valence electrons. The highest BCUT2D eigenvalue weighted by molar-refractivity contribution is 7.10. The molecule has 6 nitrogen and oxygen atoms in total. The number of nitrogen functional groups attached to an aromatic ring is 1. The van der Waals surface area contributed by atoms with E-state index in [1.54, 1.807) is 6.20 Å². The summed E-state index contributed by atoms with van der Waals surface area (Å²) in [7, 11) is 0. The van der Waals surface area contributed by atoms with Gasteiger partial charge in [-0.1, -0.05) is 11.2 Å². The molecular formula is C12H11N5OS. The van der Waals surface area contributed by atoms with E-state index >= 15 is 0 Å². The van der Waals surface area contributed by atoms with Crippen molar-refractivity contribution in [3.05, 3.63) is 29.6 Å². The second-order valence-corrected chi connectivity index (χ2v) is 4.90. The summed E-state index contributed by atoms with van der Waals surface area (Å²) < 4.78 is 9.43. The third kappa shape index (κ3) is 1.97. The number of aromatic nitrogens is 4. The fourth-order valence-electron chi connectivity index (χ4n) is 1.79. The van der Waals surface area contributed by atoms with Crippen molar-refractivity contribution in [2.45, 2.75) is 13.8 Å². The van der Waals surface area contributed by atoms with Crippen molar-refractivity contribution in [1.29, 1.82) is 0 Å². The van der Waals surface area contributed by atoms with E-state index in [9.17, 15) is 0 Å². The second kappa shape index (κ2) is 4.43. The molecule has 0 aliphatic heterocycles. The molecule has 0 aromatic carbocycles. The highest BCUT2D eigenvalue weighted by atomic mass is 32.1. The molecule has 3 rings (SSSR count). The molecule has 0 aliphatic rings. The number of hydrogen-bond acceptors (Lipinski definition) is 7. The predicted octanol–water partition coefficient (Wildman–Crippen LogP) is 2.45. The monoisotopic (exact) mass is 273 g/mol. The fourth-order valence-corrected chi connectivity index (χ4v) is 2.44. The normalized spacial score (nSPS) is 10.8. The minimum absolute atomic E-state index is 0.379. The lowest BCUT2D eigenvalue weighted by molar-refractivity contribution is 0.432. The lowest BCUT2D eigenvalue weighted by Crippen LogP contribution is -1.90. The van der Waals surface area contributed by atoms with Crippen LogP contribution in [0.4, 0.5) is 5.00 Å². The third-order valence-corrected chi connectivity index (χ3v) is 3.52. The maximum Gasteiger partial charge on any atom is 0.263 e. The Bertz CT molecular complexity index is 714. The predicted molar refractivity (Wildman–Crippen MR) is 72.5 cm³/mol. The van der Waals surface area contributed by atoms with Crippen LogP contribution in [0.5, 0.6) is 0 Å². The number of nitrogens with two attached hydrogens (primary N) is 1. The van der Waals surface area contributed by atoms with E-state index in [4.69, 9.17) is 10.3 Å². The summed E-state index contributed by atoms with van der Waals surface area (Å²) in [4.78, 5) is 8.61. The largest absolute Gasteiger partial charge is 0.389 e. The van der Waals surface area contributed by atoms with Gasteiger partial charge in [0, 0.05) is 6.20 Å². The maximum absolute atomic E-state index is 5.86. The van der Waals surface area contributed by atoms with E-state index < -0.39 is 0 Å². The molecule has 19 heavy (non-hydrogen) atoms. The van der Waals surface area contributed by atoms with Gasteiger partial charge in [0.15, 0.2) is 0 Å². The standard InChI is InChI=1S/C12H11N5OS/c1-6-4-3-5-14-9(6)11-15-12(18-16-11)8-7(2)17-19-10(8)13/h3-5H,13H2,1-2H3. The van der Waals surface area contributed by atoms with Crippen LogP contribution in [-0.2, 0) is 0 Å². The number of aryl methyl sites for hydroxylation is 2. The summed E-state index contributed by atoms with van der Waals surface area (Å²) in [6, 6.07) is 3.81. The summed E-state index contributed by atoms with van der Waals surface area (Å²) in [5.41, 5.74) is 9.05. The Morgan fingerprint density at radius 2 is 2.16 bits per heavy atom. The van der Waals surface area contributed by atoms with Gasteiger partial charge >= 0.3 is 0 Å². The van der Waals surface area contributed by atoms with Crippen LogP contribution in [0.25, 0.3) is 23.0 Å². The van der Waals surface area contributed by atoms with Crippen molar-refractivity contribution in [2.24, 2.45) is 0 Å². The van der Waals surface area contributed by atoms with Gasteiger partial charge in [-0.15, -0.1) is 0 Å². The van der Waals surface area contributed by atoms with Crippen LogP contribution < -0.4 is 5.73 Å². The van der Waals surface area contributed by atoms with Gasteiger partial charge < -0.3 is 10.3 Å². The van der Waals surface area contributed by atoms with Gasteiger partial charge in [-0.25, -0.2) is 0 Å². The Hall–Kier alpha value is -2.28. The maximum atomic E-state index is 5.86. The number of rotatable bonds is 2. The average molecular weight is 273 g/mol. The van der Waals surface area contributed by atoms with Gasteiger partial charge in [-0.05, 0) is 37.0 Å². The van der Waals surface area contributed by atoms with Crippen LogP contribution in [0.2, 0.25) is 0 Å². The molecule has 0 atom stereocenters. The second-order valence-electron chi connectivity index (χ2n) is 4.10. The molecule has 0 aliphatic carbocycles. The fraction of sp³-hybridized carbons (Fsp3) is 0.167. The third-order valence-electron chi connectivity index (χ3n) is 2.75. The SMILES string of the molecule is Cc1cccnc1-c1noc(-c2c(C)nsc2N)n1. The zero-order chi connectivity index (χ0) is 13.4. The van der Waals surface area contributed by atoms with E-state index in [1.807, 2.05) is 26.0 Å². The van der Waals surface area contributed by atoms with Gasteiger partial charge in [0.05, 0.1) is 11.3 Å². The number of anilines is 1. The van der Waals surface area contributed by atoms with Crippen molar-refractivity contribution < 1.29 is 4.52 Å². The van der Waals surface area contributed by atoms with Crippen LogP contribution >= 0.6 is 11.5 Å². The van der Waals surface area contributed by atoms with Crippen LogP contribution in [0, 0.1) is 13.8 Å². The Kier molecular flexibility index (Phi) is 2.75. The van der Waals surface area contributed by atoms with Crippen LogP contribution in [0.3, 0.4) is 0 Å². The van der Waals surface area contributed by atoms with Gasteiger partial charge in [0.25, 0.3) is 5.89 Å². The van der Waals surface area contributed by atoms with Gasteiger partial charge in [-0.3, -0.25) is 4.98 Å². The molecule has 0 fully saturated rings. The molecular weight excluding hydrogens is 262 g/mol. The van der Waals surface area contributed by atoms with Crippen molar-refractivity contribution in [1.82, 2.24) is 19.5 Å². The molecule has 0 amide bonds. The average Bonchev–Trinajstić information content (AvgIpc) is 2.97. The summed E-state index contributed by atoms with van der Waals surface area (Å²) in [5, 5.41) is 4.53. The Balaban J connectivity index is 2.08. The molecule has 0 unspecified atom stereocenters. The molecule has 0 radical (unpaired) electrons. The molecule has 3 aromatic rings. The molecule has 0 bridgehead atoms. The zero-order valence-corrected chi connectivity index (χ0v) is 11.2. The van der Waals surface area contributed by atoms with Gasteiger partial charge in [-0.2, -0.15) is 9.36 Å². The number of pyridine rings is 1. The molecule has 2 N–H and O–H groups in total. The van der Waals surface area contributed by atoms with Crippen molar-refractivity contribution in [3.8, 4) is 23.0 Å². The van der Waals surface area contributed by atoms with Gasteiger partial charge in [0.2, 0.25) is 5.82 Å². The molecule has 3 heterocycles. The van der Waals surface area contributed by atoms with E-state index in [0.29, 0.717) is 28.0 Å². The van der Waals surface area contributed by atoms with Crippen LogP contribution in [0.15, 0.2) is 22.9 Å². The summed E-state index contributed by atoms with van der Waals surface area (Å²) in [5.74, 6) is 0.835. The van der Waals surface area contributed by atoms with E-state index in [2.05, 4.69) is 19.5 Å². The van der Waals surface area contributed by atoms with Crippen molar-refractivity contribution >= 4 is 16.5 Å². The summed E-state index contributed by atoms with van der Waals surface area (Å²) in [6.45, 7) is 3.81. The smallest absolute Gasteiger partial charge is 0.263 e. The summed E-state index contributed by atoms with van der Waals surface area (Å²) in [6.07, 6.45) is 1.70. The van der Waals surface area contributed by atoms with Crippen LogP contribution in [-0.4, -0.2) is 19.5 Å². The van der Waals surface area contributed by atoms with Crippen LogP contribution in [0.1, 0.15) is 11.3 Å². The topological polar surface area (TPSA) is 90.7 Å².